The zero-order valence-corrected chi connectivity index (χ0v) is 13.4. The zero-order chi connectivity index (χ0) is 15.1. The molecule has 1 amide bonds. The molecule has 4 aromatic rings. The Morgan fingerprint density at radius 2 is 1.73 bits per heavy atom. The van der Waals surface area contributed by atoms with Crippen LogP contribution in [0.15, 0.2) is 48.5 Å². The number of nitrogens with zero attached hydrogens (tertiary/aromatic N) is 1. The Morgan fingerprint density at radius 3 is 2.50 bits per heavy atom. The van der Waals surface area contributed by atoms with Gasteiger partial charge in [-0.1, -0.05) is 41.7 Å². The summed E-state index contributed by atoms with van der Waals surface area (Å²) < 4.78 is 2.21. The number of aromatic nitrogens is 1. The van der Waals surface area contributed by atoms with Gasteiger partial charge in [0.05, 0.1) is 15.1 Å². The minimum atomic E-state index is -0.0854. The fourth-order valence-corrected chi connectivity index (χ4v) is 4.44. The van der Waals surface area contributed by atoms with Crippen molar-refractivity contribution in [3.05, 3.63) is 59.0 Å². The predicted molar refractivity (Wildman–Crippen MR) is 94.1 cm³/mol. The number of rotatable bonds is 2. The van der Waals surface area contributed by atoms with Gasteiger partial charge in [0.15, 0.2) is 5.13 Å². The van der Waals surface area contributed by atoms with E-state index in [9.17, 15) is 4.79 Å². The van der Waals surface area contributed by atoms with Gasteiger partial charge in [0.2, 0.25) is 0 Å². The molecule has 0 radical (unpaired) electrons. The van der Waals surface area contributed by atoms with Crippen LogP contribution in [0, 0.1) is 6.92 Å². The van der Waals surface area contributed by atoms with Crippen molar-refractivity contribution in [2.24, 2.45) is 0 Å². The molecule has 0 aliphatic carbocycles. The molecule has 5 heteroatoms. The number of thiophene rings is 1. The molecule has 0 aliphatic heterocycles. The Kier molecular flexibility index (Phi) is 3.17. The van der Waals surface area contributed by atoms with Crippen molar-refractivity contribution in [2.45, 2.75) is 6.92 Å². The van der Waals surface area contributed by atoms with E-state index in [1.807, 2.05) is 49.4 Å². The summed E-state index contributed by atoms with van der Waals surface area (Å²) in [5, 5.41) is 4.71. The van der Waals surface area contributed by atoms with Crippen molar-refractivity contribution in [3.63, 3.8) is 0 Å². The van der Waals surface area contributed by atoms with E-state index in [0.29, 0.717) is 5.13 Å². The van der Waals surface area contributed by atoms with Gasteiger partial charge in [-0.3, -0.25) is 10.1 Å². The first-order valence-corrected chi connectivity index (χ1v) is 8.51. The van der Waals surface area contributed by atoms with E-state index in [-0.39, 0.29) is 5.91 Å². The van der Waals surface area contributed by atoms with Gasteiger partial charge in [-0.2, -0.15) is 0 Å². The maximum Gasteiger partial charge on any atom is 0.267 e. The number of fused-ring (bicyclic) bond motifs is 2. The summed E-state index contributed by atoms with van der Waals surface area (Å²) in [5.41, 5.74) is 1.94. The molecule has 4 rings (SSSR count). The van der Waals surface area contributed by atoms with Gasteiger partial charge in [-0.15, -0.1) is 11.3 Å². The van der Waals surface area contributed by atoms with E-state index in [4.69, 9.17) is 0 Å². The number of amides is 1. The van der Waals surface area contributed by atoms with Crippen molar-refractivity contribution in [2.75, 3.05) is 5.32 Å². The van der Waals surface area contributed by atoms with Crippen LogP contribution < -0.4 is 5.32 Å². The average molecular weight is 324 g/mol. The molecule has 0 saturated heterocycles. The number of carbonyl (C=O) groups excluding carboxylic acids is 1. The third-order valence-electron chi connectivity index (χ3n) is 3.56. The number of hydrogen-bond donors (Lipinski definition) is 1. The fraction of sp³-hybridized carbons (Fsp3) is 0.0588. The summed E-state index contributed by atoms with van der Waals surface area (Å²) in [5.74, 6) is -0.0854. The molecule has 0 atom stereocenters. The van der Waals surface area contributed by atoms with Crippen LogP contribution in [-0.4, -0.2) is 10.9 Å². The van der Waals surface area contributed by atoms with E-state index in [2.05, 4.69) is 16.4 Å². The Morgan fingerprint density at radius 1 is 1.00 bits per heavy atom. The Balaban J connectivity index is 1.69. The summed E-state index contributed by atoms with van der Waals surface area (Å²) >= 11 is 3.02. The van der Waals surface area contributed by atoms with Gasteiger partial charge in [-0.25, -0.2) is 4.98 Å². The lowest BCUT2D eigenvalue weighted by atomic mass is 10.1. The van der Waals surface area contributed by atoms with Crippen molar-refractivity contribution in [3.8, 4) is 0 Å². The Labute approximate surface area is 135 Å². The first kappa shape index (κ1) is 13.4. The quantitative estimate of drug-likeness (QED) is 0.559. The van der Waals surface area contributed by atoms with Gasteiger partial charge >= 0.3 is 0 Å². The highest BCUT2D eigenvalue weighted by molar-refractivity contribution is 7.23. The number of thiazole rings is 1. The van der Waals surface area contributed by atoms with E-state index in [0.717, 1.165) is 30.7 Å². The largest absolute Gasteiger partial charge is 0.297 e. The minimum absolute atomic E-state index is 0.0854. The van der Waals surface area contributed by atoms with Gasteiger partial charge in [0, 0.05) is 4.70 Å². The molecule has 1 N–H and O–H groups in total. The zero-order valence-electron chi connectivity index (χ0n) is 11.8. The second kappa shape index (κ2) is 5.19. The summed E-state index contributed by atoms with van der Waals surface area (Å²) in [6, 6.07) is 16.0. The SMILES string of the molecule is Cc1c(C(=O)Nc2nc3ccccc3s2)sc2ccccc12. The Hall–Kier alpha value is -2.24. The third-order valence-corrected chi connectivity index (χ3v) is 5.79. The number of nitrogens with one attached hydrogen (secondary N) is 1. The third kappa shape index (κ3) is 2.19. The molecule has 2 heterocycles. The van der Waals surface area contributed by atoms with Crippen molar-refractivity contribution in [1.82, 2.24) is 4.98 Å². The fourth-order valence-electron chi connectivity index (χ4n) is 2.47. The number of aryl methyl sites for hydroxylation is 1. The first-order chi connectivity index (χ1) is 10.7. The summed E-state index contributed by atoms with van der Waals surface area (Å²) in [4.78, 5) is 17.8. The summed E-state index contributed by atoms with van der Waals surface area (Å²) in [6.45, 7) is 1.99. The number of benzene rings is 2. The molecule has 108 valence electrons. The average Bonchev–Trinajstić information content (AvgIpc) is 3.08. The molecule has 22 heavy (non-hydrogen) atoms. The van der Waals surface area contributed by atoms with Gasteiger partial charge in [0.25, 0.3) is 5.91 Å². The molecule has 0 spiro atoms. The molecular formula is C17H12N2OS2. The lowest BCUT2D eigenvalue weighted by Crippen LogP contribution is -2.10. The molecule has 0 saturated carbocycles. The molecule has 0 aliphatic rings. The smallest absolute Gasteiger partial charge is 0.267 e. The molecule has 0 fully saturated rings. The van der Waals surface area contributed by atoms with Crippen LogP contribution in [0.4, 0.5) is 5.13 Å². The monoisotopic (exact) mass is 324 g/mol. The highest BCUT2D eigenvalue weighted by atomic mass is 32.1. The normalized spacial score (nSPS) is 11.1. The minimum Gasteiger partial charge on any atom is -0.297 e. The van der Waals surface area contributed by atoms with Crippen LogP contribution in [0.2, 0.25) is 0 Å². The van der Waals surface area contributed by atoms with E-state index < -0.39 is 0 Å². The lowest BCUT2D eigenvalue weighted by Gasteiger charge is -1.99. The van der Waals surface area contributed by atoms with E-state index >= 15 is 0 Å². The van der Waals surface area contributed by atoms with Crippen molar-refractivity contribution >= 4 is 54.0 Å². The van der Waals surface area contributed by atoms with Crippen LogP contribution in [0.5, 0.6) is 0 Å². The molecule has 0 bridgehead atoms. The number of para-hydroxylation sites is 1. The van der Waals surface area contributed by atoms with Gasteiger partial charge < -0.3 is 0 Å². The molecule has 2 aromatic carbocycles. The highest BCUT2D eigenvalue weighted by Gasteiger charge is 2.16. The molecular weight excluding hydrogens is 312 g/mol. The van der Waals surface area contributed by atoms with Crippen LogP contribution in [0.25, 0.3) is 20.3 Å². The highest BCUT2D eigenvalue weighted by Crippen LogP contribution is 2.32. The topological polar surface area (TPSA) is 42.0 Å². The maximum absolute atomic E-state index is 12.5. The molecule has 3 nitrogen and oxygen atoms in total. The number of carbonyl (C=O) groups is 1. The summed E-state index contributed by atoms with van der Waals surface area (Å²) in [6.07, 6.45) is 0. The number of hydrogen-bond acceptors (Lipinski definition) is 4. The number of anilines is 1. The maximum atomic E-state index is 12.5. The Bertz CT molecular complexity index is 967. The lowest BCUT2D eigenvalue weighted by molar-refractivity contribution is 0.103. The summed E-state index contributed by atoms with van der Waals surface area (Å²) in [7, 11) is 0. The van der Waals surface area contributed by atoms with Crippen LogP contribution in [0.1, 0.15) is 15.2 Å². The van der Waals surface area contributed by atoms with Gasteiger partial charge in [-0.05, 0) is 36.1 Å². The first-order valence-electron chi connectivity index (χ1n) is 6.87. The second-order valence-corrected chi connectivity index (χ2v) is 7.08. The van der Waals surface area contributed by atoms with Crippen molar-refractivity contribution < 1.29 is 4.79 Å². The van der Waals surface area contributed by atoms with Crippen LogP contribution in [0.3, 0.4) is 0 Å². The molecule has 0 unspecified atom stereocenters. The standard InChI is InChI=1S/C17H12N2OS2/c1-10-11-6-2-4-8-13(11)21-15(10)16(20)19-17-18-12-7-3-5-9-14(12)22-17/h2-9H,1H3,(H,18,19,20). The molecule has 2 aromatic heterocycles. The van der Waals surface area contributed by atoms with Crippen molar-refractivity contribution in [1.29, 1.82) is 0 Å². The van der Waals surface area contributed by atoms with E-state index in [1.54, 1.807) is 0 Å². The predicted octanol–water partition coefficient (Wildman–Crippen LogP) is 5.07. The van der Waals surface area contributed by atoms with Gasteiger partial charge in [0.1, 0.15) is 0 Å². The van der Waals surface area contributed by atoms with Crippen LogP contribution in [-0.2, 0) is 0 Å². The van der Waals surface area contributed by atoms with Crippen LogP contribution >= 0.6 is 22.7 Å². The van der Waals surface area contributed by atoms with E-state index in [1.165, 1.54) is 22.7 Å². The second-order valence-electron chi connectivity index (χ2n) is 4.99.